The van der Waals surface area contributed by atoms with E-state index in [1.807, 2.05) is 24.0 Å². The molecular weight excluding hydrogens is 314 g/mol. The molecule has 0 radical (unpaired) electrons. The van der Waals surface area contributed by atoms with Crippen LogP contribution < -0.4 is 4.90 Å². The third-order valence-corrected chi connectivity index (χ3v) is 5.42. The number of nitrogens with zero attached hydrogens (tertiary/aromatic N) is 3. The van der Waals surface area contributed by atoms with Crippen molar-refractivity contribution in [3.8, 4) is 0 Å². The minimum atomic E-state index is 1.02. The molecule has 3 rings (SSSR count). The molecule has 1 aromatic carbocycles. The number of rotatable bonds is 8. The van der Waals surface area contributed by atoms with Gasteiger partial charge in [-0.05, 0) is 63.2 Å². The van der Waals surface area contributed by atoms with Crippen molar-refractivity contribution in [3.63, 3.8) is 0 Å². The Hall–Kier alpha value is -1.52. The monoisotopic (exact) mass is 341 g/mol. The zero-order chi connectivity index (χ0) is 16.8. The van der Waals surface area contributed by atoms with E-state index in [1.165, 1.54) is 41.4 Å². The van der Waals surface area contributed by atoms with Gasteiger partial charge in [-0.3, -0.25) is 0 Å². The maximum absolute atomic E-state index is 4.66. The van der Waals surface area contributed by atoms with Crippen molar-refractivity contribution in [2.45, 2.75) is 42.9 Å². The highest BCUT2D eigenvalue weighted by Gasteiger charge is 2.23. The molecule has 0 saturated heterocycles. The molecule has 0 aliphatic carbocycles. The summed E-state index contributed by atoms with van der Waals surface area (Å²) in [4.78, 5) is 12.2. The summed E-state index contributed by atoms with van der Waals surface area (Å²) in [6.45, 7) is 9.12. The van der Waals surface area contributed by atoms with Gasteiger partial charge in [-0.2, -0.15) is 0 Å². The molecule has 3 nitrogen and oxygen atoms in total. The molecular formula is C20H27N3S. The molecule has 1 aromatic heterocycles. The summed E-state index contributed by atoms with van der Waals surface area (Å²) >= 11 is 1.83. The standard InChI is InChI=1S/C20H27N3S/c1-3-13-22(14-4-2)15-8-16-23-17-9-5-6-10-18(17)24-19-11-7-12-21-20(19)23/h5-7,9-12H,3-4,8,13-16H2,1-2H3. The number of benzene rings is 1. The first-order valence-electron chi connectivity index (χ1n) is 9.05. The second-order valence-electron chi connectivity index (χ2n) is 6.24. The summed E-state index contributed by atoms with van der Waals surface area (Å²) in [5.74, 6) is 1.11. The van der Waals surface area contributed by atoms with Crippen LogP contribution in [0.4, 0.5) is 11.5 Å². The van der Waals surface area contributed by atoms with Gasteiger partial charge in [0.05, 0.1) is 10.6 Å². The summed E-state index contributed by atoms with van der Waals surface area (Å²) in [5, 5.41) is 0. The Labute approximate surface area is 150 Å². The predicted molar refractivity (Wildman–Crippen MR) is 103 cm³/mol. The molecule has 0 bridgehead atoms. The maximum Gasteiger partial charge on any atom is 0.147 e. The van der Waals surface area contributed by atoms with Crippen molar-refractivity contribution in [2.75, 3.05) is 31.1 Å². The second kappa shape index (κ2) is 8.54. The smallest absolute Gasteiger partial charge is 0.147 e. The predicted octanol–water partition coefficient (Wildman–Crippen LogP) is 5.20. The summed E-state index contributed by atoms with van der Waals surface area (Å²) in [6.07, 6.45) is 5.52. The molecule has 0 saturated carbocycles. The molecule has 2 aromatic rings. The Balaban J connectivity index is 1.73. The summed E-state index contributed by atoms with van der Waals surface area (Å²) < 4.78 is 0. The first-order chi connectivity index (χ1) is 11.8. The number of hydrogen-bond donors (Lipinski definition) is 0. The average Bonchev–Trinajstić information content (AvgIpc) is 2.61. The van der Waals surface area contributed by atoms with Crippen molar-refractivity contribution < 1.29 is 0 Å². The van der Waals surface area contributed by atoms with Gasteiger partial charge in [0.25, 0.3) is 0 Å². The molecule has 0 unspecified atom stereocenters. The minimum absolute atomic E-state index is 1.02. The lowest BCUT2D eigenvalue weighted by Gasteiger charge is -2.32. The van der Waals surface area contributed by atoms with E-state index in [4.69, 9.17) is 0 Å². The highest BCUT2D eigenvalue weighted by Crippen LogP contribution is 2.46. The van der Waals surface area contributed by atoms with Crippen LogP contribution in [0.15, 0.2) is 52.4 Å². The van der Waals surface area contributed by atoms with Crippen molar-refractivity contribution in [2.24, 2.45) is 0 Å². The maximum atomic E-state index is 4.66. The van der Waals surface area contributed by atoms with Gasteiger partial charge >= 0.3 is 0 Å². The Kier molecular flexibility index (Phi) is 6.16. The SMILES string of the molecule is CCCN(CCC)CCCN1c2ccccc2Sc2cccnc21. The van der Waals surface area contributed by atoms with Crippen LogP contribution >= 0.6 is 11.8 Å². The van der Waals surface area contributed by atoms with Gasteiger partial charge in [0.1, 0.15) is 5.82 Å². The number of anilines is 2. The highest BCUT2D eigenvalue weighted by molar-refractivity contribution is 7.99. The van der Waals surface area contributed by atoms with Crippen molar-refractivity contribution >= 4 is 23.3 Å². The molecule has 0 atom stereocenters. The van der Waals surface area contributed by atoms with E-state index in [9.17, 15) is 0 Å². The normalized spacial score (nSPS) is 13.0. The van der Waals surface area contributed by atoms with E-state index in [2.05, 4.69) is 59.0 Å². The summed E-state index contributed by atoms with van der Waals surface area (Å²) in [7, 11) is 0. The molecule has 2 heterocycles. The first-order valence-corrected chi connectivity index (χ1v) is 9.87. The average molecular weight is 342 g/mol. The van der Waals surface area contributed by atoms with Gasteiger partial charge < -0.3 is 9.80 Å². The Morgan fingerprint density at radius 2 is 1.71 bits per heavy atom. The zero-order valence-corrected chi connectivity index (χ0v) is 15.6. The van der Waals surface area contributed by atoms with Gasteiger partial charge in [-0.15, -0.1) is 0 Å². The van der Waals surface area contributed by atoms with Gasteiger partial charge in [-0.1, -0.05) is 37.7 Å². The lowest BCUT2D eigenvalue weighted by Crippen LogP contribution is -2.30. The van der Waals surface area contributed by atoms with E-state index in [1.54, 1.807) is 0 Å². The second-order valence-corrected chi connectivity index (χ2v) is 7.33. The van der Waals surface area contributed by atoms with Crippen LogP contribution in [0.25, 0.3) is 0 Å². The fourth-order valence-corrected chi connectivity index (χ4v) is 4.38. The molecule has 1 aliphatic rings. The van der Waals surface area contributed by atoms with Gasteiger partial charge in [0.2, 0.25) is 0 Å². The van der Waals surface area contributed by atoms with Gasteiger partial charge in [-0.25, -0.2) is 4.98 Å². The van der Waals surface area contributed by atoms with Crippen molar-refractivity contribution in [1.82, 2.24) is 9.88 Å². The van der Waals surface area contributed by atoms with Crippen molar-refractivity contribution in [1.29, 1.82) is 0 Å². The Morgan fingerprint density at radius 1 is 0.958 bits per heavy atom. The molecule has 0 amide bonds. The third-order valence-electron chi connectivity index (χ3n) is 4.32. The minimum Gasteiger partial charge on any atom is -0.324 e. The first kappa shape index (κ1) is 17.3. The summed E-state index contributed by atoms with van der Waals surface area (Å²) in [6, 6.07) is 12.9. The molecule has 4 heteroatoms. The Morgan fingerprint density at radius 3 is 2.50 bits per heavy atom. The van der Waals surface area contributed by atoms with E-state index in [-0.39, 0.29) is 0 Å². The number of pyridine rings is 1. The highest BCUT2D eigenvalue weighted by atomic mass is 32.2. The number of fused-ring (bicyclic) bond motifs is 2. The van der Waals surface area contributed by atoms with Crippen LogP contribution in [0, 0.1) is 0 Å². The lowest BCUT2D eigenvalue weighted by atomic mass is 10.2. The van der Waals surface area contributed by atoms with Crippen LogP contribution in [0.3, 0.4) is 0 Å². The van der Waals surface area contributed by atoms with Crippen LogP contribution in [0.1, 0.15) is 33.1 Å². The van der Waals surface area contributed by atoms with Crippen molar-refractivity contribution in [3.05, 3.63) is 42.6 Å². The molecule has 0 spiro atoms. The van der Waals surface area contributed by atoms with E-state index >= 15 is 0 Å². The molecule has 128 valence electrons. The zero-order valence-electron chi connectivity index (χ0n) is 14.7. The molecule has 24 heavy (non-hydrogen) atoms. The molecule has 1 aliphatic heterocycles. The van der Waals surface area contributed by atoms with Crippen LogP contribution in [0.2, 0.25) is 0 Å². The molecule has 0 N–H and O–H groups in total. The Bertz CT molecular complexity index is 607. The summed E-state index contributed by atoms with van der Waals surface area (Å²) in [5.41, 5.74) is 1.30. The fraction of sp³-hybridized carbons (Fsp3) is 0.450. The number of aromatic nitrogens is 1. The van der Waals surface area contributed by atoms with Gasteiger partial charge in [0.15, 0.2) is 0 Å². The lowest BCUT2D eigenvalue weighted by molar-refractivity contribution is 0.273. The van der Waals surface area contributed by atoms with Crippen LogP contribution in [0.5, 0.6) is 0 Å². The van der Waals surface area contributed by atoms with E-state index in [0.29, 0.717) is 0 Å². The third kappa shape index (κ3) is 3.93. The number of para-hydroxylation sites is 1. The quantitative estimate of drug-likeness (QED) is 0.657. The van der Waals surface area contributed by atoms with E-state index in [0.717, 1.165) is 25.3 Å². The van der Waals surface area contributed by atoms with E-state index < -0.39 is 0 Å². The topological polar surface area (TPSA) is 19.4 Å². The van der Waals surface area contributed by atoms with Crippen LogP contribution in [-0.2, 0) is 0 Å². The largest absolute Gasteiger partial charge is 0.324 e. The number of hydrogen-bond acceptors (Lipinski definition) is 4. The van der Waals surface area contributed by atoms with Gasteiger partial charge in [0, 0.05) is 17.6 Å². The fourth-order valence-electron chi connectivity index (χ4n) is 3.31. The molecule has 0 fully saturated rings. The van der Waals surface area contributed by atoms with Crippen LogP contribution in [-0.4, -0.2) is 36.1 Å².